The van der Waals surface area contributed by atoms with E-state index in [9.17, 15) is 9.59 Å². The Kier molecular flexibility index (Phi) is 5.86. The highest BCUT2D eigenvalue weighted by atomic mass is 16.2. The van der Waals surface area contributed by atoms with Crippen molar-refractivity contribution in [2.24, 2.45) is 13.0 Å². The Morgan fingerprint density at radius 1 is 1.00 bits per heavy atom. The lowest BCUT2D eigenvalue weighted by Gasteiger charge is -2.31. The molecule has 3 aromatic rings. The second-order valence-corrected chi connectivity index (χ2v) is 7.96. The summed E-state index contributed by atoms with van der Waals surface area (Å²) in [5, 5.41) is 2.93. The van der Waals surface area contributed by atoms with Gasteiger partial charge in [-0.05, 0) is 50.6 Å². The summed E-state index contributed by atoms with van der Waals surface area (Å²) >= 11 is 0. The van der Waals surface area contributed by atoms with Crippen LogP contribution in [-0.4, -0.2) is 33.3 Å². The molecule has 2 heterocycles. The molecule has 0 atom stereocenters. The summed E-state index contributed by atoms with van der Waals surface area (Å²) < 4.78 is 3.38. The number of benzene rings is 2. The minimum Gasteiger partial charge on any atom is -0.320 e. The average molecular weight is 405 g/mol. The van der Waals surface area contributed by atoms with Gasteiger partial charge in [0.1, 0.15) is 5.69 Å². The summed E-state index contributed by atoms with van der Waals surface area (Å²) in [5.74, 6) is -0.124. The van der Waals surface area contributed by atoms with E-state index in [4.69, 9.17) is 0 Å². The second-order valence-electron chi connectivity index (χ2n) is 7.96. The largest absolute Gasteiger partial charge is 0.320 e. The molecule has 0 spiro atoms. The van der Waals surface area contributed by atoms with Crippen LogP contribution in [0.25, 0.3) is 5.69 Å². The van der Waals surface area contributed by atoms with E-state index in [0.717, 1.165) is 43.9 Å². The minimum absolute atomic E-state index is 0.0552. The molecule has 0 radical (unpaired) electrons. The molecule has 1 aliphatic rings. The number of amides is 1. The van der Waals surface area contributed by atoms with Crippen LogP contribution < -0.4 is 10.9 Å². The molecule has 156 valence electrons. The predicted molar refractivity (Wildman–Crippen MR) is 119 cm³/mol. The molecule has 1 fully saturated rings. The van der Waals surface area contributed by atoms with Gasteiger partial charge >= 0.3 is 0 Å². The van der Waals surface area contributed by atoms with Crippen LogP contribution in [-0.2, 0) is 18.4 Å². The van der Waals surface area contributed by atoms with E-state index in [1.807, 2.05) is 50.4 Å². The van der Waals surface area contributed by atoms with Gasteiger partial charge in [-0.3, -0.25) is 19.2 Å². The number of hydrogen-bond acceptors (Lipinski definition) is 3. The van der Waals surface area contributed by atoms with E-state index in [1.165, 1.54) is 5.56 Å². The van der Waals surface area contributed by atoms with E-state index in [-0.39, 0.29) is 17.4 Å². The molecule has 6 nitrogen and oxygen atoms in total. The Labute approximate surface area is 176 Å². The van der Waals surface area contributed by atoms with E-state index >= 15 is 0 Å². The summed E-state index contributed by atoms with van der Waals surface area (Å²) in [6.45, 7) is 4.54. The highest BCUT2D eigenvalue weighted by Gasteiger charge is 2.27. The fourth-order valence-electron chi connectivity index (χ4n) is 4.13. The third kappa shape index (κ3) is 4.09. The number of nitrogens with zero attached hydrogens (tertiary/aromatic N) is 3. The number of carbonyl (C=O) groups excluding carboxylic acids is 1. The number of anilines is 1. The van der Waals surface area contributed by atoms with Crippen molar-refractivity contribution in [3.8, 4) is 5.69 Å². The van der Waals surface area contributed by atoms with Gasteiger partial charge in [0.25, 0.3) is 5.56 Å². The van der Waals surface area contributed by atoms with Crippen molar-refractivity contribution in [2.45, 2.75) is 26.3 Å². The minimum atomic E-state index is -0.198. The van der Waals surface area contributed by atoms with Gasteiger partial charge in [0, 0.05) is 19.5 Å². The molecule has 0 saturated carbocycles. The molecule has 1 aliphatic heterocycles. The van der Waals surface area contributed by atoms with Gasteiger partial charge in [-0.25, -0.2) is 4.68 Å². The van der Waals surface area contributed by atoms with E-state index in [0.29, 0.717) is 5.69 Å². The Hall–Kier alpha value is -3.12. The van der Waals surface area contributed by atoms with Gasteiger partial charge in [-0.2, -0.15) is 0 Å². The van der Waals surface area contributed by atoms with Gasteiger partial charge in [-0.15, -0.1) is 0 Å². The maximum absolute atomic E-state index is 13.0. The Morgan fingerprint density at radius 3 is 2.23 bits per heavy atom. The average Bonchev–Trinajstić information content (AvgIpc) is 2.98. The lowest BCUT2D eigenvalue weighted by atomic mass is 9.95. The number of para-hydroxylation sites is 1. The number of rotatable bonds is 5. The van der Waals surface area contributed by atoms with Crippen LogP contribution in [0.3, 0.4) is 0 Å². The maximum atomic E-state index is 13.0. The lowest BCUT2D eigenvalue weighted by molar-refractivity contribution is -0.121. The van der Waals surface area contributed by atoms with Crippen LogP contribution in [0.1, 0.15) is 24.1 Å². The van der Waals surface area contributed by atoms with Crippen molar-refractivity contribution in [2.75, 3.05) is 18.4 Å². The quantitative estimate of drug-likeness (QED) is 0.710. The molecule has 1 N–H and O–H groups in total. The fourth-order valence-corrected chi connectivity index (χ4v) is 4.13. The molecule has 0 aliphatic carbocycles. The van der Waals surface area contributed by atoms with Crippen LogP contribution in [0.5, 0.6) is 0 Å². The third-order valence-electron chi connectivity index (χ3n) is 6.01. The first-order valence-electron chi connectivity index (χ1n) is 10.5. The second kappa shape index (κ2) is 8.71. The molecule has 1 saturated heterocycles. The van der Waals surface area contributed by atoms with Crippen LogP contribution in [0.4, 0.5) is 5.69 Å². The number of likely N-dealkylation sites (tertiary alicyclic amines) is 1. The van der Waals surface area contributed by atoms with Crippen molar-refractivity contribution in [1.29, 1.82) is 0 Å². The van der Waals surface area contributed by atoms with Crippen LogP contribution in [0.15, 0.2) is 65.5 Å². The van der Waals surface area contributed by atoms with E-state index in [1.54, 1.807) is 9.36 Å². The van der Waals surface area contributed by atoms with Crippen molar-refractivity contribution in [3.63, 3.8) is 0 Å². The molecule has 0 unspecified atom stereocenters. The van der Waals surface area contributed by atoms with Crippen LogP contribution >= 0.6 is 0 Å². The Bertz CT molecular complexity index is 1060. The molecular weight excluding hydrogens is 376 g/mol. The first kappa shape index (κ1) is 20.2. The zero-order chi connectivity index (χ0) is 21.1. The summed E-state index contributed by atoms with van der Waals surface area (Å²) in [5.41, 5.74) is 3.00. The standard InChI is InChI=1S/C24H28N4O2/c1-18-22(24(30)28(26(18)2)21-11-7-4-8-12-21)25-23(29)20-13-15-27(16-14-20)17-19-9-5-3-6-10-19/h3-12,20H,13-17H2,1-2H3,(H,25,29). The zero-order valence-electron chi connectivity index (χ0n) is 17.5. The number of hydrogen-bond donors (Lipinski definition) is 1. The molecule has 2 aromatic carbocycles. The fraction of sp³-hybridized carbons (Fsp3) is 0.333. The van der Waals surface area contributed by atoms with Crippen LogP contribution in [0.2, 0.25) is 0 Å². The molecule has 0 bridgehead atoms. The normalized spacial score (nSPS) is 15.3. The van der Waals surface area contributed by atoms with E-state index in [2.05, 4.69) is 34.5 Å². The molecule has 1 amide bonds. The van der Waals surface area contributed by atoms with Gasteiger partial charge in [0.15, 0.2) is 0 Å². The summed E-state index contributed by atoms with van der Waals surface area (Å²) in [7, 11) is 1.83. The lowest BCUT2D eigenvalue weighted by Crippen LogP contribution is -2.38. The summed E-state index contributed by atoms with van der Waals surface area (Å²) in [6.07, 6.45) is 1.61. The topological polar surface area (TPSA) is 59.3 Å². The monoisotopic (exact) mass is 404 g/mol. The smallest absolute Gasteiger partial charge is 0.295 e. The van der Waals surface area contributed by atoms with Crippen molar-refractivity contribution in [1.82, 2.24) is 14.3 Å². The first-order valence-corrected chi connectivity index (χ1v) is 10.5. The molecular formula is C24H28N4O2. The van der Waals surface area contributed by atoms with Gasteiger partial charge in [0.05, 0.1) is 11.4 Å². The summed E-state index contributed by atoms with van der Waals surface area (Å²) in [6, 6.07) is 19.9. The molecule has 30 heavy (non-hydrogen) atoms. The molecule has 1 aromatic heterocycles. The van der Waals surface area contributed by atoms with Crippen molar-refractivity contribution < 1.29 is 4.79 Å². The van der Waals surface area contributed by atoms with Crippen molar-refractivity contribution >= 4 is 11.6 Å². The SMILES string of the molecule is Cc1c(NC(=O)C2CCN(Cc3ccccc3)CC2)c(=O)n(-c2ccccc2)n1C. The molecule has 6 heteroatoms. The van der Waals surface area contributed by atoms with Crippen molar-refractivity contribution in [3.05, 3.63) is 82.3 Å². The Balaban J connectivity index is 1.42. The highest BCUT2D eigenvalue weighted by molar-refractivity contribution is 5.93. The highest BCUT2D eigenvalue weighted by Crippen LogP contribution is 2.22. The summed E-state index contributed by atoms with van der Waals surface area (Å²) in [4.78, 5) is 28.3. The predicted octanol–water partition coefficient (Wildman–Crippen LogP) is 3.34. The Morgan fingerprint density at radius 2 is 1.60 bits per heavy atom. The number of nitrogens with one attached hydrogen (secondary N) is 1. The van der Waals surface area contributed by atoms with Gasteiger partial charge < -0.3 is 5.32 Å². The number of piperidine rings is 1. The third-order valence-corrected chi connectivity index (χ3v) is 6.01. The van der Waals surface area contributed by atoms with Gasteiger partial charge in [0.2, 0.25) is 5.91 Å². The van der Waals surface area contributed by atoms with E-state index < -0.39 is 0 Å². The van der Waals surface area contributed by atoms with Crippen LogP contribution in [0, 0.1) is 12.8 Å². The first-order chi connectivity index (χ1) is 14.5. The zero-order valence-corrected chi connectivity index (χ0v) is 17.5. The van der Waals surface area contributed by atoms with Gasteiger partial charge in [-0.1, -0.05) is 48.5 Å². The number of carbonyl (C=O) groups is 1. The maximum Gasteiger partial charge on any atom is 0.295 e. The number of aromatic nitrogens is 2. The molecule has 4 rings (SSSR count).